The van der Waals surface area contributed by atoms with Gasteiger partial charge in [0.1, 0.15) is 12.4 Å². The number of anilines is 1. The average Bonchev–Trinajstić information content (AvgIpc) is 2.87. The lowest BCUT2D eigenvalue weighted by atomic mass is 10.1. The Morgan fingerprint density at radius 3 is 2.34 bits per heavy atom. The number of nitrogens with zero attached hydrogens (tertiary/aromatic N) is 2. The van der Waals surface area contributed by atoms with Gasteiger partial charge >= 0.3 is 5.97 Å². The lowest BCUT2D eigenvalue weighted by Gasteiger charge is -2.29. The standard InChI is InChI=1S/C27H32N2O5S/c1-6-19(2)17-29(35(31,32)26-9-7-8-14-28-26)24-15-20(3)21(4)16-25(24)34-18-22-10-12-23(13-11-22)27(30)33-5/h7-16,19H,6,17-18H2,1-5H3/t19-/m1/s1. The van der Waals surface area contributed by atoms with Gasteiger partial charge in [-0.15, -0.1) is 0 Å². The fourth-order valence-electron chi connectivity index (χ4n) is 3.45. The summed E-state index contributed by atoms with van der Waals surface area (Å²) in [5.41, 5.74) is 3.71. The van der Waals surface area contributed by atoms with Crippen molar-refractivity contribution >= 4 is 21.7 Å². The van der Waals surface area contributed by atoms with Crippen molar-refractivity contribution in [2.45, 2.75) is 45.7 Å². The maximum atomic E-state index is 13.7. The summed E-state index contributed by atoms with van der Waals surface area (Å²) in [7, 11) is -2.58. The second-order valence-electron chi connectivity index (χ2n) is 8.60. The van der Waals surface area contributed by atoms with E-state index >= 15 is 0 Å². The predicted molar refractivity (Wildman–Crippen MR) is 136 cm³/mol. The Bertz CT molecular complexity index is 1260. The van der Waals surface area contributed by atoms with Crippen LogP contribution in [0.1, 0.15) is 47.3 Å². The molecule has 1 aromatic heterocycles. The van der Waals surface area contributed by atoms with Gasteiger partial charge in [0, 0.05) is 12.7 Å². The Kier molecular flexibility index (Phi) is 8.51. The Labute approximate surface area is 207 Å². The molecule has 0 radical (unpaired) electrons. The molecule has 186 valence electrons. The van der Waals surface area contributed by atoms with Gasteiger partial charge in [-0.1, -0.05) is 38.5 Å². The molecule has 0 unspecified atom stereocenters. The van der Waals surface area contributed by atoms with Crippen molar-refractivity contribution < 1.29 is 22.7 Å². The van der Waals surface area contributed by atoms with Crippen LogP contribution in [-0.4, -0.2) is 33.0 Å². The van der Waals surface area contributed by atoms with E-state index in [2.05, 4.69) is 4.98 Å². The summed E-state index contributed by atoms with van der Waals surface area (Å²) in [4.78, 5) is 15.8. The molecule has 8 heteroatoms. The molecule has 2 aromatic carbocycles. The molecule has 0 spiro atoms. The van der Waals surface area contributed by atoms with Crippen LogP contribution < -0.4 is 9.04 Å². The van der Waals surface area contributed by atoms with Gasteiger partial charge in [0.25, 0.3) is 10.0 Å². The molecule has 0 aliphatic carbocycles. The predicted octanol–water partition coefficient (Wildman–Crippen LogP) is 5.31. The van der Waals surface area contributed by atoms with Crippen LogP contribution in [0, 0.1) is 19.8 Å². The zero-order valence-electron chi connectivity index (χ0n) is 20.8. The van der Waals surface area contributed by atoms with Gasteiger partial charge in [0.15, 0.2) is 5.03 Å². The monoisotopic (exact) mass is 496 g/mol. The second-order valence-corrected chi connectivity index (χ2v) is 10.4. The number of carbonyl (C=O) groups excluding carboxylic acids is 1. The van der Waals surface area contributed by atoms with Crippen molar-refractivity contribution in [3.05, 3.63) is 83.0 Å². The molecule has 0 saturated heterocycles. The third kappa shape index (κ3) is 6.19. The molecule has 0 aliphatic rings. The van der Waals surface area contributed by atoms with Crippen molar-refractivity contribution in [2.75, 3.05) is 18.0 Å². The molecule has 0 fully saturated rings. The van der Waals surface area contributed by atoms with Crippen LogP contribution in [0.4, 0.5) is 5.69 Å². The topological polar surface area (TPSA) is 85.8 Å². The summed E-state index contributed by atoms with van der Waals surface area (Å²) < 4.78 is 39.7. The summed E-state index contributed by atoms with van der Waals surface area (Å²) in [6.07, 6.45) is 2.30. The number of aryl methyl sites for hydroxylation is 2. The van der Waals surface area contributed by atoms with Crippen LogP contribution in [0.2, 0.25) is 0 Å². The fourth-order valence-corrected chi connectivity index (χ4v) is 4.97. The first-order chi connectivity index (χ1) is 16.7. The van der Waals surface area contributed by atoms with Crippen LogP contribution in [-0.2, 0) is 21.4 Å². The van der Waals surface area contributed by atoms with E-state index in [0.717, 1.165) is 23.1 Å². The van der Waals surface area contributed by atoms with Crippen molar-refractivity contribution in [3.63, 3.8) is 0 Å². The van der Waals surface area contributed by atoms with Gasteiger partial charge in [-0.2, -0.15) is 8.42 Å². The van der Waals surface area contributed by atoms with Crippen LogP contribution >= 0.6 is 0 Å². The highest BCUT2D eigenvalue weighted by Gasteiger charge is 2.30. The average molecular weight is 497 g/mol. The van der Waals surface area contributed by atoms with Crippen LogP contribution in [0.25, 0.3) is 0 Å². The zero-order valence-corrected chi connectivity index (χ0v) is 21.6. The fraction of sp³-hybridized carbons (Fsp3) is 0.333. The second kappa shape index (κ2) is 11.4. The molecule has 7 nitrogen and oxygen atoms in total. The van der Waals surface area contributed by atoms with Gasteiger partial charge in [0.05, 0.1) is 18.4 Å². The molecule has 1 atom stereocenters. The van der Waals surface area contributed by atoms with Crippen LogP contribution in [0.3, 0.4) is 0 Å². The van der Waals surface area contributed by atoms with E-state index in [4.69, 9.17) is 9.47 Å². The Morgan fingerprint density at radius 2 is 1.74 bits per heavy atom. The maximum absolute atomic E-state index is 13.7. The van der Waals surface area contributed by atoms with Crippen molar-refractivity contribution in [2.24, 2.45) is 5.92 Å². The maximum Gasteiger partial charge on any atom is 0.337 e. The van der Waals surface area contributed by atoms with E-state index < -0.39 is 16.0 Å². The number of ether oxygens (including phenoxy) is 2. The Hall–Kier alpha value is -3.39. The smallest absolute Gasteiger partial charge is 0.337 e. The third-order valence-electron chi connectivity index (χ3n) is 5.98. The Balaban J connectivity index is 2.00. The molecule has 0 N–H and O–H groups in total. The molecule has 0 bridgehead atoms. The van der Waals surface area contributed by atoms with Crippen molar-refractivity contribution in [3.8, 4) is 5.75 Å². The van der Waals surface area contributed by atoms with E-state index in [9.17, 15) is 13.2 Å². The number of benzene rings is 2. The minimum absolute atomic E-state index is 0.00844. The number of pyridine rings is 1. The van der Waals surface area contributed by atoms with Crippen LogP contribution in [0.5, 0.6) is 5.75 Å². The highest BCUT2D eigenvalue weighted by Crippen LogP contribution is 2.36. The first kappa shape index (κ1) is 26.2. The first-order valence-electron chi connectivity index (χ1n) is 11.5. The van der Waals surface area contributed by atoms with Gasteiger partial charge in [-0.05, 0) is 72.9 Å². The highest BCUT2D eigenvalue weighted by atomic mass is 32.2. The van der Waals surface area contributed by atoms with Crippen LogP contribution in [0.15, 0.2) is 65.8 Å². The molecule has 0 aliphatic heterocycles. The first-order valence-corrected chi connectivity index (χ1v) is 13.0. The minimum Gasteiger partial charge on any atom is -0.487 e. The number of sulfonamides is 1. The summed E-state index contributed by atoms with van der Waals surface area (Å²) in [6, 6.07) is 15.5. The lowest BCUT2D eigenvalue weighted by molar-refractivity contribution is 0.0600. The molecule has 1 heterocycles. The molecule has 0 saturated carbocycles. The third-order valence-corrected chi connectivity index (χ3v) is 7.68. The van der Waals surface area contributed by atoms with Gasteiger partial charge in [-0.3, -0.25) is 4.31 Å². The summed E-state index contributed by atoms with van der Waals surface area (Å²) in [5, 5.41) is -0.00844. The minimum atomic E-state index is -3.92. The number of aromatic nitrogens is 1. The number of rotatable bonds is 10. The summed E-state index contributed by atoms with van der Waals surface area (Å²) >= 11 is 0. The van der Waals surface area contributed by atoms with E-state index in [1.54, 1.807) is 36.4 Å². The van der Waals surface area contributed by atoms with Crippen molar-refractivity contribution in [1.82, 2.24) is 4.98 Å². The summed E-state index contributed by atoms with van der Waals surface area (Å²) in [6.45, 7) is 8.46. The normalized spacial score (nSPS) is 12.1. The highest BCUT2D eigenvalue weighted by molar-refractivity contribution is 7.92. The molecule has 35 heavy (non-hydrogen) atoms. The molecule has 0 amide bonds. The van der Waals surface area contributed by atoms with E-state index in [0.29, 0.717) is 23.5 Å². The van der Waals surface area contributed by atoms with Gasteiger partial charge in [-0.25, -0.2) is 9.78 Å². The van der Waals surface area contributed by atoms with E-state index in [1.165, 1.54) is 23.7 Å². The van der Waals surface area contributed by atoms with Gasteiger partial charge in [0.2, 0.25) is 0 Å². The number of carbonyl (C=O) groups is 1. The SMILES string of the molecule is CC[C@@H](C)CN(c1cc(C)c(C)cc1OCc1ccc(C(=O)OC)cc1)S(=O)(=O)c1ccccn1. The lowest BCUT2D eigenvalue weighted by Crippen LogP contribution is -2.35. The molecule has 3 rings (SSSR count). The van der Waals surface area contributed by atoms with E-state index in [1.807, 2.05) is 39.8 Å². The largest absolute Gasteiger partial charge is 0.487 e. The number of methoxy groups -OCH3 is 1. The Morgan fingerprint density at radius 1 is 1.06 bits per heavy atom. The summed E-state index contributed by atoms with van der Waals surface area (Å²) in [5.74, 6) is 0.177. The molecule has 3 aromatic rings. The number of hydrogen-bond donors (Lipinski definition) is 0. The number of esters is 1. The van der Waals surface area contributed by atoms with Crippen molar-refractivity contribution in [1.29, 1.82) is 0 Å². The molecular formula is C27H32N2O5S. The molecular weight excluding hydrogens is 464 g/mol. The van der Waals surface area contributed by atoms with E-state index in [-0.39, 0.29) is 17.6 Å². The van der Waals surface area contributed by atoms with Gasteiger partial charge < -0.3 is 9.47 Å². The quantitative estimate of drug-likeness (QED) is 0.354. The number of hydrogen-bond acceptors (Lipinski definition) is 6. The zero-order chi connectivity index (χ0) is 25.6.